The van der Waals surface area contributed by atoms with Crippen molar-refractivity contribution in [3.8, 4) is 0 Å². The molecule has 0 aromatic carbocycles. The van der Waals surface area contributed by atoms with Gasteiger partial charge >= 0.3 is 0 Å². The van der Waals surface area contributed by atoms with Crippen LogP contribution in [0.25, 0.3) is 0 Å². The average Bonchev–Trinajstić information content (AvgIpc) is 2.85. The second-order valence-electron chi connectivity index (χ2n) is 6.41. The third kappa shape index (κ3) is 2.92. The summed E-state index contributed by atoms with van der Waals surface area (Å²) in [6, 6.07) is 2.13. The van der Waals surface area contributed by atoms with Gasteiger partial charge in [0.05, 0.1) is 12.2 Å². The fourth-order valence-corrected chi connectivity index (χ4v) is 3.49. The second-order valence-corrected chi connectivity index (χ2v) is 7.53. The normalized spacial score (nSPS) is 14.7. The van der Waals surface area contributed by atoms with Crippen molar-refractivity contribution in [1.29, 1.82) is 0 Å². The molecule has 0 radical (unpaired) electrons. The van der Waals surface area contributed by atoms with Gasteiger partial charge in [0.15, 0.2) is 5.13 Å². The summed E-state index contributed by atoms with van der Waals surface area (Å²) < 4.78 is 0. The highest BCUT2D eigenvalue weighted by Crippen LogP contribution is 2.30. The van der Waals surface area contributed by atoms with E-state index in [2.05, 4.69) is 43.6 Å². The Labute approximate surface area is 135 Å². The van der Waals surface area contributed by atoms with Crippen molar-refractivity contribution in [2.24, 2.45) is 0 Å². The van der Waals surface area contributed by atoms with Crippen molar-refractivity contribution < 1.29 is 0 Å². The van der Waals surface area contributed by atoms with Gasteiger partial charge in [-0.2, -0.15) is 0 Å². The number of nitrogens with two attached hydrogens (primary N) is 1. The number of hydrogen-bond donors (Lipinski definition) is 1. The number of nitrogens with zero attached hydrogens (tertiary/aromatic N) is 4. The molecule has 0 unspecified atom stereocenters. The third-order valence-electron chi connectivity index (χ3n) is 3.93. The molecule has 0 bridgehead atoms. The van der Waals surface area contributed by atoms with E-state index in [4.69, 9.17) is 15.7 Å². The Balaban J connectivity index is 1.94. The first kappa shape index (κ1) is 15.2. The fourth-order valence-electron chi connectivity index (χ4n) is 2.60. The van der Waals surface area contributed by atoms with Gasteiger partial charge in [0.1, 0.15) is 11.6 Å². The molecule has 2 aromatic rings. The number of fused-ring (bicyclic) bond motifs is 1. The molecule has 3 heterocycles. The molecule has 1 aliphatic heterocycles. The largest absolute Gasteiger partial charge is 0.375 e. The first-order valence-corrected chi connectivity index (χ1v) is 8.63. The Kier molecular flexibility index (Phi) is 4.04. The monoisotopic (exact) mass is 317 g/mol. The standard InChI is InChI=1S/C16H23N5S/c1-9(2)12-7-14(20-15(18-12)10(3)4)21-6-5-11-13(8-21)22-16(17)19-11/h7,9-10H,5-6,8H2,1-4H3,(H2,17,19). The smallest absolute Gasteiger partial charge is 0.180 e. The van der Waals surface area contributed by atoms with Crippen LogP contribution in [0.3, 0.4) is 0 Å². The van der Waals surface area contributed by atoms with Gasteiger partial charge in [-0.25, -0.2) is 15.0 Å². The summed E-state index contributed by atoms with van der Waals surface area (Å²) in [6.45, 7) is 10.4. The van der Waals surface area contributed by atoms with Gasteiger partial charge in [0, 0.05) is 35.5 Å². The maximum Gasteiger partial charge on any atom is 0.180 e. The van der Waals surface area contributed by atoms with E-state index in [9.17, 15) is 0 Å². The topological polar surface area (TPSA) is 67.9 Å². The molecular weight excluding hydrogens is 294 g/mol. The van der Waals surface area contributed by atoms with Crippen LogP contribution in [0.4, 0.5) is 10.9 Å². The highest BCUT2D eigenvalue weighted by atomic mass is 32.1. The van der Waals surface area contributed by atoms with Gasteiger partial charge in [-0.1, -0.05) is 27.7 Å². The molecule has 3 rings (SSSR count). The zero-order valence-corrected chi connectivity index (χ0v) is 14.4. The van der Waals surface area contributed by atoms with Gasteiger partial charge in [-0.15, -0.1) is 11.3 Å². The van der Waals surface area contributed by atoms with E-state index in [0.717, 1.165) is 42.5 Å². The van der Waals surface area contributed by atoms with Crippen LogP contribution in [0, 0.1) is 0 Å². The van der Waals surface area contributed by atoms with Crippen molar-refractivity contribution in [3.63, 3.8) is 0 Å². The summed E-state index contributed by atoms with van der Waals surface area (Å²) in [5.74, 6) is 2.69. The minimum Gasteiger partial charge on any atom is -0.375 e. The van der Waals surface area contributed by atoms with Crippen LogP contribution in [0.15, 0.2) is 6.07 Å². The molecule has 0 aliphatic carbocycles. The van der Waals surface area contributed by atoms with E-state index in [-0.39, 0.29) is 0 Å². The van der Waals surface area contributed by atoms with Crippen LogP contribution >= 0.6 is 11.3 Å². The zero-order valence-electron chi connectivity index (χ0n) is 13.6. The van der Waals surface area contributed by atoms with Gasteiger partial charge in [0.25, 0.3) is 0 Å². The van der Waals surface area contributed by atoms with Gasteiger partial charge in [-0.05, 0) is 5.92 Å². The number of thiazole rings is 1. The molecular formula is C16H23N5S. The lowest BCUT2D eigenvalue weighted by Gasteiger charge is -2.28. The molecule has 0 saturated carbocycles. The Morgan fingerprint density at radius 1 is 1.14 bits per heavy atom. The summed E-state index contributed by atoms with van der Waals surface area (Å²) in [7, 11) is 0. The molecule has 22 heavy (non-hydrogen) atoms. The zero-order chi connectivity index (χ0) is 15.9. The Hall–Kier alpha value is -1.69. The summed E-state index contributed by atoms with van der Waals surface area (Å²) in [5.41, 5.74) is 8.10. The highest BCUT2D eigenvalue weighted by Gasteiger charge is 2.22. The first-order chi connectivity index (χ1) is 10.4. The molecule has 0 amide bonds. The maximum absolute atomic E-state index is 5.83. The molecule has 0 saturated heterocycles. The average molecular weight is 317 g/mol. The lowest BCUT2D eigenvalue weighted by molar-refractivity contribution is 0.686. The Morgan fingerprint density at radius 3 is 2.59 bits per heavy atom. The number of hydrogen-bond acceptors (Lipinski definition) is 6. The van der Waals surface area contributed by atoms with Crippen LogP contribution in [-0.4, -0.2) is 21.5 Å². The van der Waals surface area contributed by atoms with E-state index in [1.807, 2.05) is 0 Å². The molecule has 1 aliphatic rings. The SMILES string of the molecule is CC(C)c1cc(N2CCc3nc(N)sc3C2)nc(C(C)C)n1. The van der Waals surface area contributed by atoms with Crippen LogP contribution in [0.2, 0.25) is 0 Å². The predicted molar refractivity (Wildman–Crippen MR) is 91.5 cm³/mol. The van der Waals surface area contributed by atoms with Crippen molar-refractivity contribution in [3.05, 3.63) is 28.2 Å². The van der Waals surface area contributed by atoms with E-state index in [0.29, 0.717) is 17.0 Å². The van der Waals surface area contributed by atoms with E-state index >= 15 is 0 Å². The summed E-state index contributed by atoms with van der Waals surface area (Å²) in [6.07, 6.45) is 0.932. The van der Waals surface area contributed by atoms with Gasteiger partial charge < -0.3 is 10.6 Å². The summed E-state index contributed by atoms with van der Waals surface area (Å²) in [5, 5.41) is 0.667. The van der Waals surface area contributed by atoms with Crippen LogP contribution in [-0.2, 0) is 13.0 Å². The van der Waals surface area contributed by atoms with Crippen molar-refractivity contribution >= 4 is 22.3 Å². The van der Waals surface area contributed by atoms with Crippen LogP contribution < -0.4 is 10.6 Å². The quantitative estimate of drug-likeness (QED) is 0.940. The fraction of sp³-hybridized carbons (Fsp3) is 0.562. The Bertz CT molecular complexity index is 651. The number of anilines is 2. The number of nitrogen functional groups attached to an aromatic ring is 1. The third-order valence-corrected chi connectivity index (χ3v) is 4.84. The van der Waals surface area contributed by atoms with Crippen molar-refractivity contribution in [2.45, 2.75) is 52.5 Å². The lowest BCUT2D eigenvalue weighted by atomic mass is 10.1. The number of rotatable bonds is 3. The lowest BCUT2D eigenvalue weighted by Crippen LogP contribution is -2.31. The molecule has 6 heteroatoms. The van der Waals surface area contributed by atoms with Crippen molar-refractivity contribution in [1.82, 2.24) is 15.0 Å². The van der Waals surface area contributed by atoms with E-state index in [1.54, 1.807) is 11.3 Å². The molecule has 5 nitrogen and oxygen atoms in total. The van der Waals surface area contributed by atoms with Crippen LogP contribution in [0.5, 0.6) is 0 Å². The minimum absolute atomic E-state index is 0.330. The van der Waals surface area contributed by atoms with E-state index < -0.39 is 0 Å². The highest BCUT2D eigenvalue weighted by molar-refractivity contribution is 7.15. The predicted octanol–water partition coefficient (Wildman–Crippen LogP) is 3.32. The number of aromatic nitrogens is 3. The van der Waals surface area contributed by atoms with Gasteiger partial charge in [0.2, 0.25) is 0 Å². The van der Waals surface area contributed by atoms with Crippen LogP contribution in [0.1, 0.15) is 61.6 Å². The first-order valence-electron chi connectivity index (χ1n) is 7.82. The maximum atomic E-state index is 5.83. The molecule has 0 fully saturated rings. The summed E-state index contributed by atoms with van der Waals surface area (Å²) in [4.78, 5) is 17.5. The van der Waals surface area contributed by atoms with E-state index in [1.165, 1.54) is 4.88 Å². The second kappa shape index (κ2) is 5.83. The van der Waals surface area contributed by atoms with Gasteiger partial charge in [-0.3, -0.25) is 0 Å². The molecule has 2 aromatic heterocycles. The molecule has 2 N–H and O–H groups in total. The minimum atomic E-state index is 0.330. The molecule has 0 spiro atoms. The Morgan fingerprint density at radius 2 is 1.91 bits per heavy atom. The van der Waals surface area contributed by atoms with Crippen molar-refractivity contribution in [2.75, 3.05) is 17.2 Å². The summed E-state index contributed by atoms with van der Waals surface area (Å²) >= 11 is 1.59. The molecule has 0 atom stereocenters. The molecule has 118 valence electrons.